The number of carbonyl (C=O) groups is 1. The summed E-state index contributed by atoms with van der Waals surface area (Å²) in [4.78, 5) is 38.6. The van der Waals surface area contributed by atoms with Crippen LogP contribution in [-0.2, 0) is 0 Å². The number of likely N-dealkylation sites (tertiary alicyclic amines) is 1. The molecule has 160 valence electrons. The molecule has 31 heavy (non-hydrogen) atoms. The first-order chi connectivity index (χ1) is 15.1. The largest absolute Gasteiger partial charge is 0.493 e. The number of pyridine rings is 1. The monoisotopic (exact) mass is 420 g/mol. The van der Waals surface area contributed by atoms with E-state index in [0.29, 0.717) is 41.7 Å². The minimum Gasteiger partial charge on any atom is -0.493 e. The average molecular weight is 420 g/mol. The number of aromatic nitrogens is 3. The van der Waals surface area contributed by atoms with Gasteiger partial charge in [0.2, 0.25) is 0 Å². The van der Waals surface area contributed by atoms with Gasteiger partial charge in [0.1, 0.15) is 5.69 Å². The third kappa shape index (κ3) is 4.42. The van der Waals surface area contributed by atoms with Crippen LogP contribution in [0.25, 0.3) is 11.5 Å². The van der Waals surface area contributed by atoms with Crippen LogP contribution in [-0.4, -0.2) is 53.1 Å². The Hall–Kier alpha value is -3.68. The Bertz CT molecular complexity index is 1120. The number of rotatable bonds is 5. The van der Waals surface area contributed by atoms with Crippen molar-refractivity contribution in [2.45, 2.75) is 18.8 Å². The van der Waals surface area contributed by atoms with E-state index in [-0.39, 0.29) is 17.4 Å². The van der Waals surface area contributed by atoms with Gasteiger partial charge in [-0.05, 0) is 43.2 Å². The molecule has 0 bridgehead atoms. The summed E-state index contributed by atoms with van der Waals surface area (Å²) < 4.78 is 10.5. The fraction of sp³-hybridized carbons (Fsp3) is 0.304. The minimum atomic E-state index is -0.200. The molecule has 4 rings (SSSR count). The van der Waals surface area contributed by atoms with Gasteiger partial charge < -0.3 is 19.4 Å². The number of benzene rings is 1. The van der Waals surface area contributed by atoms with E-state index in [1.54, 1.807) is 44.7 Å². The summed E-state index contributed by atoms with van der Waals surface area (Å²) in [6, 6.07) is 12.2. The number of nitrogens with zero attached hydrogens (tertiary/aromatic N) is 3. The lowest BCUT2D eigenvalue weighted by Crippen LogP contribution is -2.38. The molecule has 0 saturated carbocycles. The van der Waals surface area contributed by atoms with Crippen LogP contribution in [0.15, 0.2) is 53.5 Å². The van der Waals surface area contributed by atoms with E-state index in [4.69, 9.17) is 9.47 Å². The smallest absolute Gasteiger partial charge is 0.253 e. The molecule has 0 unspecified atom stereocenters. The molecule has 3 aromatic rings. The molecule has 1 fully saturated rings. The summed E-state index contributed by atoms with van der Waals surface area (Å²) in [5.74, 6) is 1.64. The number of ether oxygens (including phenoxy) is 2. The van der Waals surface area contributed by atoms with Gasteiger partial charge >= 0.3 is 0 Å². The molecule has 0 spiro atoms. The first kappa shape index (κ1) is 20.6. The fourth-order valence-electron chi connectivity index (χ4n) is 3.84. The molecular weight excluding hydrogens is 396 g/mol. The summed E-state index contributed by atoms with van der Waals surface area (Å²) in [5, 5.41) is 0. The maximum atomic E-state index is 13.0. The van der Waals surface area contributed by atoms with Crippen LogP contribution in [0, 0.1) is 0 Å². The highest BCUT2D eigenvalue weighted by atomic mass is 16.5. The van der Waals surface area contributed by atoms with Crippen molar-refractivity contribution < 1.29 is 14.3 Å². The SMILES string of the molecule is COc1ccc(C(=O)N2CCC(c3cc(=O)[nH]c(-c4ccccn4)n3)CC2)cc1OC. The van der Waals surface area contributed by atoms with Crippen molar-refractivity contribution in [1.29, 1.82) is 0 Å². The van der Waals surface area contributed by atoms with Gasteiger partial charge in [0.05, 0.1) is 19.9 Å². The first-order valence-electron chi connectivity index (χ1n) is 10.1. The first-order valence-corrected chi connectivity index (χ1v) is 10.1. The van der Waals surface area contributed by atoms with Crippen LogP contribution in [0.2, 0.25) is 0 Å². The molecule has 1 aromatic carbocycles. The number of methoxy groups -OCH3 is 2. The number of hydrogen-bond donors (Lipinski definition) is 1. The topological polar surface area (TPSA) is 97.4 Å². The van der Waals surface area contributed by atoms with Gasteiger partial charge in [-0.1, -0.05) is 6.07 Å². The highest BCUT2D eigenvalue weighted by Crippen LogP contribution is 2.30. The second-order valence-electron chi connectivity index (χ2n) is 7.37. The Balaban J connectivity index is 1.47. The highest BCUT2D eigenvalue weighted by molar-refractivity contribution is 5.95. The van der Waals surface area contributed by atoms with Crippen molar-refractivity contribution >= 4 is 5.91 Å². The van der Waals surface area contributed by atoms with Gasteiger partial charge in [-0.2, -0.15) is 0 Å². The Morgan fingerprint density at radius 3 is 2.52 bits per heavy atom. The van der Waals surface area contributed by atoms with E-state index in [0.717, 1.165) is 18.5 Å². The summed E-state index contributed by atoms with van der Waals surface area (Å²) in [6.45, 7) is 1.18. The van der Waals surface area contributed by atoms with E-state index in [2.05, 4.69) is 15.0 Å². The quantitative estimate of drug-likeness (QED) is 0.682. The Morgan fingerprint density at radius 2 is 1.84 bits per heavy atom. The summed E-state index contributed by atoms with van der Waals surface area (Å²) in [7, 11) is 3.11. The molecule has 8 heteroatoms. The molecule has 2 aromatic heterocycles. The zero-order valence-electron chi connectivity index (χ0n) is 17.5. The lowest BCUT2D eigenvalue weighted by molar-refractivity contribution is 0.0711. The van der Waals surface area contributed by atoms with Crippen molar-refractivity contribution in [3.8, 4) is 23.0 Å². The number of nitrogens with one attached hydrogen (secondary N) is 1. The lowest BCUT2D eigenvalue weighted by Gasteiger charge is -2.32. The fourth-order valence-corrected chi connectivity index (χ4v) is 3.84. The van der Waals surface area contributed by atoms with Crippen molar-refractivity contribution in [1.82, 2.24) is 19.9 Å². The number of carbonyl (C=O) groups excluding carboxylic acids is 1. The number of hydrogen-bond acceptors (Lipinski definition) is 6. The molecule has 1 aliphatic heterocycles. The van der Waals surface area contributed by atoms with Crippen molar-refractivity contribution in [3.05, 3.63) is 70.3 Å². The predicted octanol–water partition coefficient (Wildman–Crippen LogP) is 2.87. The van der Waals surface area contributed by atoms with Crippen LogP contribution in [0.1, 0.15) is 34.8 Å². The molecule has 8 nitrogen and oxygen atoms in total. The minimum absolute atomic E-state index is 0.0487. The van der Waals surface area contributed by atoms with E-state index < -0.39 is 0 Å². The summed E-state index contributed by atoms with van der Waals surface area (Å²) in [5.41, 5.74) is 1.72. The molecule has 0 radical (unpaired) electrons. The lowest BCUT2D eigenvalue weighted by atomic mass is 9.93. The van der Waals surface area contributed by atoms with E-state index in [1.165, 1.54) is 0 Å². The molecule has 1 aliphatic rings. The number of aromatic amines is 1. The van der Waals surface area contributed by atoms with Gasteiger partial charge in [0.25, 0.3) is 11.5 Å². The van der Waals surface area contributed by atoms with Crippen LogP contribution in [0.4, 0.5) is 0 Å². The highest BCUT2D eigenvalue weighted by Gasteiger charge is 2.26. The molecule has 0 aliphatic carbocycles. The zero-order valence-corrected chi connectivity index (χ0v) is 17.5. The van der Waals surface area contributed by atoms with E-state index in [1.807, 2.05) is 23.1 Å². The van der Waals surface area contributed by atoms with Gasteiger partial charge in [-0.3, -0.25) is 14.6 Å². The Morgan fingerprint density at radius 1 is 1.06 bits per heavy atom. The van der Waals surface area contributed by atoms with Gasteiger partial charge in [0.15, 0.2) is 17.3 Å². The van der Waals surface area contributed by atoms with Crippen molar-refractivity contribution in [2.75, 3.05) is 27.3 Å². The maximum absolute atomic E-state index is 13.0. The second kappa shape index (κ2) is 8.99. The summed E-state index contributed by atoms with van der Waals surface area (Å²) >= 11 is 0. The Labute approximate surface area is 179 Å². The van der Waals surface area contributed by atoms with Gasteiger partial charge in [-0.25, -0.2) is 4.98 Å². The van der Waals surface area contributed by atoms with Crippen LogP contribution >= 0.6 is 0 Å². The maximum Gasteiger partial charge on any atom is 0.253 e. The predicted molar refractivity (Wildman–Crippen MR) is 116 cm³/mol. The molecule has 0 atom stereocenters. The third-order valence-corrected chi connectivity index (χ3v) is 5.50. The van der Waals surface area contributed by atoms with Gasteiger partial charge in [-0.15, -0.1) is 0 Å². The van der Waals surface area contributed by atoms with E-state index >= 15 is 0 Å². The zero-order chi connectivity index (χ0) is 21.8. The molecule has 1 saturated heterocycles. The molecule has 1 N–H and O–H groups in total. The number of piperidine rings is 1. The molecule has 3 heterocycles. The molecule has 1 amide bonds. The van der Waals surface area contributed by atoms with Crippen molar-refractivity contribution in [3.63, 3.8) is 0 Å². The standard InChI is InChI=1S/C23H24N4O4/c1-30-19-7-6-16(13-20(19)31-2)23(29)27-11-8-15(9-12-27)18-14-21(28)26-22(25-18)17-5-3-4-10-24-17/h3-7,10,13-15H,8-9,11-12H2,1-2H3,(H,25,26,28). The number of amides is 1. The van der Waals surface area contributed by atoms with Crippen LogP contribution in [0.3, 0.4) is 0 Å². The third-order valence-electron chi connectivity index (χ3n) is 5.50. The van der Waals surface area contributed by atoms with Crippen LogP contribution in [0.5, 0.6) is 11.5 Å². The number of H-pyrrole nitrogens is 1. The summed E-state index contributed by atoms with van der Waals surface area (Å²) in [6.07, 6.45) is 3.13. The second-order valence-corrected chi connectivity index (χ2v) is 7.37. The average Bonchev–Trinajstić information content (AvgIpc) is 2.83. The van der Waals surface area contributed by atoms with E-state index in [9.17, 15) is 9.59 Å². The van der Waals surface area contributed by atoms with Gasteiger partial charge in [0, 0.05) is 36.8 Å². The normalized spacial score (nSPS) is 14.3. The Kier molecular flexibility index (Phi) is 5.97. The van der Waals surface area contributed by atoms with Crippen LogP contribution < -0.4 is 15.0 Å². The molecular formula is C23H24N4O4. The van der Waals surface area contributed by atoms with Crippen molar-refractivity contribution in [2.24, 2.45) is 0 Å².